The number of aromatic hydroxyl groups is 2. The topological polar surface area (TPSA) is 129 Å². The first-order chi connectivity index (χ1) is 13.5. The molecule has 0 fully saturated rings. The second-order valence-corrected chi connectivity index (χ2v) is 10.1. The van der Waals surface area contributed by atoms with Crippen molar-refractivity contribution in [3.05, 3.63) is 57.6 Å². The van der Waals surface area contributed by atoms with Crippen LogP contribution in [-0.4, -0.2) is 46.7 Å². The Labute approximate surface area is 167 Å². The summed E-state index contributed by atoms with van der Waals surface area (Å²) in [7, 11) is -3.92. The van der Waals surface area contributed by atoms with Gasteiger partial charge in [-0.1, -0.05) is 31.2 Å². The molecule has 2 aliphatic rings. The normalized spacial score (nSPS) is 23.3. The number of rotatable bonds is 2. The Morgan fingerprint density at radius 2 is 1.55 bits per heavy atom. The summed E-state index contributed by atoms with van der Waals surface area (Å²) < 4.78 is 25.6. The van der Waals surface area contributed by atoms with Crippen molar-refractivity contribution in [2.75, 3.05) is 5.75 Å². The summed E-state index contributed by atoms with van der Waals surface area (Å²) in [5, 5.41) is 31.2. The second-order valence-electron chi connectivity index (χ2n) is 7.73. The average Bonchev–Trinajstić information content (AvgIpc) is 2.67. The Morgan fingerprint density at radius 1 is 1.03 bits per heavy atom. The minimum absolute atomic E-state index is 0.00834. The molecule has 0 unspecified atom stereocenters. The summed E-state index contributed by atoms with van der Waals surface area (Å²) in [6.45, 7) is 2.77. The van der Waals surface area contributed by atoms with Crippen molar-refractivity contribution in [1.29, 1.82) is 0 Å². The molecule has 0 aliphatic heterocycles. The fourth-order valence-electron chi connectivity index (χ4n) is 4.47. The number of carbonyl (C=O) groups excluding carboxylic acids is 2. The number of phenols is 2. The molecule has 3 N–H and O–H groups in total. The van der Waals surface area contributed by atoms with Gasteiger partial charge in [-0.3, -0.25) is 9.59 Å². The summed E-state index contributed by atoms with van der Waals surface area (Å²) in [5.74, 6) is -2.77. The van der Waals surface area contributed by atoms with Crippen LogP contribution in [0.4, 0.5) is 0 Å². The van der Waals surface area contributed by atoms with Crippen LogP contribution in [-0.2, 0) is 16.3 Å². The van der Waals surface area contributed by atoms with E-state index >= 15 is 0 Å². The molecule has 2 atom stereocenters. The number of phenolic OH excluding ortho intramolecular Hbond substituents is 2. The molecule has 0 saturated carbocycles. The van der Waals surface area contributed by atoms with Gasteiger partial charge in [-0.05, 0) is 19.8 Å². The molecule has 0 spiro atoms. The quantitative estimate of drug-likeness (QED) is 0.545. The van der Waals surface area contributed by atoms with Gasteiger partial charge in [0.15, 0.2) is 21.4 Å². The van der Waals surface area contributed by atoms with Gasteiger partial charge in [-0.2, -0.15) is 0 Å². The van der Waals surface area contributed by atoms with Gasteiger partial charge in [0.1, 0.15) is 16.7 Å². The first-order valence-electron chi connectivity index (χ1n) is 9.26. The summed E-state index contributed by atoms with van der Waals surface area (Å²) in [5.41, 5.74) is -2.38. The van der Waals surface area contributed by atoms with Crippen LogP contribution in [0.25, 0.3) is 0 Å². The van der Waals surface area contributed by atoms with Gasteiger partial charge in [0.25, 0.3) is 0 Å². The van der Waals surface area contributed by atoms with Crippen LogP contribution < -0.4 is 0 Å². The van der Waals surface area contributed by atoms with Crippen LogP contribution in [0.3, 0.4) is 0 Å². The third-order valence-corrected chi connectivity index (χ3v) is 8.20. The highest BCUT2D eigenvalue weighted by atomic mass is 32.2. The highest BCUT2D eigenvalue weighted by molar-refractivity contribution is 7.91. The van der Waals surface area contributed by atoms with Crippen LogP contribution in [0.2, 0.25) is 0 Å². The second kappa shape index (κ2) is 6.14. The van der Waals surface area contributed by atoms with E-state index in [1.807, 2.05) is 0 Å². The van der Waals surface area contributed by atoms with Gasteiger partial charge in [0, 0.05) is 28.0 Å². The van der Waals surface area contributed by atoms with Crippen LogP contribution in [0.5, 0.6) is 11.5 Å². The minimum Gasteiger partial charge on any atom is -0.507 e. The minimum atomic E-state index is -3.92. The third kappa shape index (κ3) is 2.55. The monoisotopic (exact) mass is 416 g/mol. The molecule has 29 heavy (non-hydrogen) atoms. The molecular weight excluding hydrogens is 396 g/mol. The predicted octanol–water partition coefficient (Wildman–Crippen LogP) is 2.05. The molecule has 4 rings (SSSR count). The van der Waals surface area contributed by atoms with Gasteiger partial charge >= 0.3 is 0 Å². The van der Waals surface area contributed by atoms with E-state index in [1.54, 1.807) is 12.1 Å². The van der Waals surface area contributed by atoms with E-state index < -0.39 is 49.3 Å². The van der Waals surface area contributed by atoms with E-state index in [9.17, 15) is 33.3 Å². The molecule has 0 radical (unpaired) electrons. The molecule has 7 nitrogen and oxygen atoms in total. The van der Waals surface area contributed by atoms with Crippen molar-refractivity contribution in [3.8, 4) is 11.5 Å². The van der Waals surface area contributed by atoms with Crippen molar-refractivity contribution in [2.24, 2.45) is 0 Å². The Bertz CT molecular complexity index is 1190. The number of carbonyl (C=O) groups is 2. The van der Waals surface area contributed by atoms with E-state index in [4.69, 9.17) is 0 Å². The van der Waals surface area contributed by atoms with E-state index in [-0.39, 0.29) is 46.4 Å². The van der Waals surface area contributed by atoms with Crippen molar-refractivity contribution in [1.82, 2.24) is 0 Å². The molecule has 8 heteroatoms. The van der Waals surface area contributed by atoms with Gasteiger partial charge in [-0.15, -0.1) is 0 Å². The number of fused-ring (bicyclic) bond motifs is 3. The van der Waals surface area contributed by atoms with Crippen molar-refractivity contribution < 1.29 is 33.3 Å². The highest BCUT2D eigenvalue weighted by Crippen LogP contribution is 2.53. The molecule has 0 amide bonds. The first-order valence-corrected chi connectivity index (χ1v) is 11.0. The van der Waals surface area contributed by atoms with Crippen LogP contribution >= 0.6 is 0 Å². The number of hydrogen-bond donors (Lipinski definition) is 3. The van der Waals surface area contributed by atoms with Gasteiger partial charge in [-0.25, -0.2) is 8.42 Å². The lowest BCUT2D eigenvalue weighted by Crippen LogP contribution is -2.42. The molecule has 0 saturated heterocycles. The first kappa shape index (κ1) is 19.6. The number of aliphatic hydroxyl groups is 1. The van der Waals surface area contributed by atoms with E-state index in [1.165, 1.54) is 26.0 Å². The fraction of sp³-hybridized carbons (Fsp3) is 0.333. The molecule has 2 aliphatic carbocycles. The summed E-state index contributed by atoms with van der Waals surface area (Å²) in [6, 6.07) is 6.05. The van der Waals surface area contributed by atoms with Crippen molar-refractivity contribution >= 4 is 21.4 Å². The Morgan fingerprint density at radius 3 is 2.07 bits per heavy atom. The molecule has 0 heterocycles. The molecule has 2 aromatic carbocycles. The summed E-state index contributed by atoms with van der Waals surface area (Å²) in [4.78, 5) is 26.0. The van der Waals surface area contributed by atoms with E-state index in [0.717, 1.165) is 0 Å². The molecular formula is C21H20O7S. The van der Waals surface area contributed by atoms with Crippen LogP contribution in [0.15, 0.2) is 24.3 Å². The SMILES string of the molecule is CCS(=O)(=O)[C@@H]1c2c(O)c3c(c(O)c2CC[C@@]1(C)O)C(=O)c1ccccc1C3=O. The lowest BCUT2D eigenvalue weighted by atomic mass is 9.74. The number of sulfone groups is 1. The zero-order valence-electron chi connectivity index (χ0n) is 15.9. The predicted molar refractivity (Wildman–Crippen MR) is 104 cm³/mol. The summed E-state index contributed by atoms with van der Waals surface area (Å²) in [6.07, 6.45) is 0.0578. The van der Waals surface area contributed by atoms with Crippen molar-refractivity contribution in [2.45, 2.75) is 37.5 Å². The maximum absolute atomic E-state index is 13.1. The lowest BCUT2D eigenvalue weighted by molar-refractivity contribution is 0.0386. The molecule has 0 aromatic heterocycles. The zero-order chi connectivity index (χ0) is 21.3. The molecule has 0 bridgehead atoms. The van der Waals surface area contributed by atoms with Crippen LogP contribution in [0.1, 0.15) is 68.5 Å². The van der Waals surface area contributed by atoms with Gasteiger partial charge < -0.3 is 15.3 Å². The number of ketones is 2. The number of hydrogen-bond acceptors (Lipinski definition) is 7. The van der Waals surface area contributed by atoms with Crippen molar-refractivity contribution in [3.63, 3.8) is 0 Å². The molecule has 152 valence electrons. The Balaban J connectivity index is 2.11. The highest BCUT2D eigenvalue weighted by Gasteiger charge is 2.50. The van der Waals surface area contributed by atoms with Gasteiger partial charge in [0.05, 0.1) is 16.7 Å². The fourth-order valence-corrected chi connectivity index (χ4v) is 6.31. The lowest BCUT2D eigenvalue weighted by Gasteiger charge is -2.39. The largest absolute Gasteiger partial charge is 0.507 e. The van der Waals surface area contributed by atoms with E-state index in [2.05, 4.69) is 0 Å². The smallest absolute Gasteiger partial charge is 0.198 e. The average molecular weight is 416 g/mol. The Kier molecular flexibility index (Phi) is 4.15. The Hall–Kier alpha value is -2.71. The molecule has 2 aromatic rings. The van der Waals surface area contributed by atoms with Crippen LogP contribution in [0, 0.1) is 0 Å². The standard InChI is InChI=1S/C21H20O7S/c1-3-29(27,28)20-13-12(8-9-21(20,2)26)18(24)14-15(19(13)25)17(23)11-7-5-4-6-10(11)16(14)22/h4-7,20,24-26H,3,8-9H2,1-2H3/t20-,21-/m1/s1. The maximum atomic E-state index is 13.1. The maximum Gasteiger partial charge on any atom is 0.198 e. The van der Waals surface area contributed by atoms with Gasteiger partial charge in [0.2, 0.25) is 0 Å². The zero-order valence-corrected chi connectivity index (χ0v) is 16.7. The third-order valence-electron chi connectivity index (χ3n) is 5.93. The van der Waals surface area contributed by atoms with E-state index in [0.29, 0.717) is 0 Å². The summed E-state index contributed by atoms with van der Waals surface area (Å²) >= 11 is 0. The number of benzene rings is 2.